The van der Waals surface area contributed by atoms with E-state index in [9.17, 15) is 13.2 Å². The number of thiol groups is 1. The fourth-order valence-electron chi connectivity index (χ4n) is 1.54. The topological polar surface area (TPSA) is 71.4 Å². The number of hydrogen-bond acceptors (Lipinski definition) is 4. The minimum Gasteiger partial charge on any atom is -0.478 e. The Morgan fingerprint density at radius 1 is 1.38 bits per heavy atom. The van der Waals surface area contributed by atoms with Crippen LogP contribution in [0, 0.1) is 0 Å². The number of rotatable bonds is 2. The van der Waals surface area contributed by atoms with Gasteiger partial charge in [-0.3, -0.25) is 0 Å². The first-order chi connectivity index (χ1) is 7.46. The lowest BCUT2D eigenvalue weighted by atomic mass is 10.1. The Morgan fingerprint density at radius 2 is 2.06 bits per heavy atom. The normalized spacial score (nSPS) is 16.7. The third-order valence-corrected chi connectivity index (χ3v) is 4.81. The van der Waals surface area contributed by atoms with Gasteiger partial charge in [0.15, 0.2) is 0 Å². The van der Waals surface area contributed by atoms with Crippen LogP contribution in [0.3, 0.4) is 0 Å². The third kappa shape index (κ3) is 1.54. The number of carbonyl (C=O) groups is 1. The van der Waals surface area contributed by atoms with Crippen molar-refractivity contribution >= 4 is 34.5 Å². The van der Waals surface area contributed by atoms with Gasteiger partial charge >= 0.3 is 5.97 Å². The quantitative estimate of drug-likeness (QED) is 0.785. The monoisotopic (exact) mass is 256 g/mol. The van der Waals surface area contributed by atoms with E-state index in [1.807, 2.05) is 0 Å². The van der Waals surface area contributed by atoms with Gasteiger partial charge in [0, 0.05) is 5.75 Å². The Balaban J connectivity index is 2.65. The van der Waals surface area contributed by atoms with Crippen LogP contribution >= 0.6 is 12.6 Å². The zero-order valence-electron chi connectivity index (χ0n) is 8.04. The van der Waals surface area contributed by atoms with Crippen molar-refractivity contribution < 1.29 is 18.3 Å². The number of aromatic carboxylic acids is 1. The van der Waals surface area contributed by atoms with E-state index < -0.39 is 15.8 Å². The standard InChI is InChI=1S/C10H8O4S2/c11-10(12)7-2-1-6-3-8(5-15)16(13,14)9(6)4-7/h1-4,15H,5H2,(H,11,12). The summed E-state index contributed by atoms with van der Waals surface area (Å²) < 4.78 is 23.8. The van der Waals surface area contributed by atoms with Crippen molar-refractivity contribution in [3.05, 3.63) is 34.2 Å². The first-order valence-electron chi connectivity index (χ1n) is 4.40. The van der Waals surface area contributed by atoms with Crippen molar-refractivity contribution in [3.63, 3.8) is 0 Å². The second kappa shape index (κ2) is 3.64. The summed E-state index contributed by atoms with van der Waals surface area (Å²) in [4.78, 5) is 11.0. The van der Waals surface area contributed by atoms with Crippen LogP contribution in [-0.4, -0.2) is 25.2 Å². The summed E-state index contributed by atoms with van der Waals surface area (Å²) in [6.45, 7) is 0. The molecule has 0 aliphatic carbocycles. The van der Waals surface area contributed by atoms with Crippen molar-refractivity contribution in [1.29, 1.82) is 0 Å². The Kier molecular flexibility index (Phi) is 2.55. The molecular formula is C10H8O4S2. The van der Waals surface area contributed by atoms with E-state index in [0.29, 0.717) is 5.56 Å². The molecule has 0 fully saturated rings. The maximum absolute atomic E-state index is 11.9. The van der Waals surface area contributed by atoms with Crippen molar-refractivity contribution in [3.8, 4) is 0 Å². The molecule has 1 N–H and O–H groups in total. The molecule has 2 rings (SSSR count). The van der Waals surface area contributed by atoms with Gasteiger partial charge in [-0.05, 0) is 23.8 Å². The van der Waals surface area contributed by atoms with Gasteiger partial charge in [0.25, 0.3) is 0 Å². The van der Waals surface area contributed by atoms with Gasteiger partial charge in [0.05, 0.1) is 15.4 Å². The molecule has 6 heteroatoms. The lowest BCUT2D eigenvalue weighted by Crippen LogP contribution is -2.04. The Bertz CT molecular complexity index is 599. The van der Waals surface area contributed by atoms with Gasteiger partial charge < -0.3 is 5.11 Å². The van der Waals surface area contributed by atoms with E-state index >= 15 is 0 Å². The molecule has 16 heavy (non-hydrogen) atoms. The summed E-state index contributed by atoms with van der Waals surface area (Å²) in [5.41, 5.74) is 0.491. The van der Waals surface area contributed by atoms with E-state index in [1.165, 1.54) is 24.3 Å². The number of carboxylic acids is 1. The number of benzene rings is 1. The molecule has 84 valence electrons. The van der Waals surface area contributed by atoms with Gasteiger partial charge in [-0.25, -0.2) is 13.2 Å². The highest BCUT2D eigenvalue weighted by atomic mass is 32.2. The van der Waals surface area contributed by atoms with E-state index in [2.05, 4.69) is 12.6 Å². The first kappa shape index (κ1) is 11.2. The molecule has 1 aliphatic heterocycles. The molecule has 1 aromatic rings. The van der Waals surface area contributed by atoms with Crippen LogP contribution in [0.2, 0.25) is 0 Å². The number of carboxylic acid groups (broad SMARTS) is 1. The van der Waals surface area contributed by atoms with Gasteiger partial charge in [-0.15, -0.1) is 0 Å². The maximum atomic E-state index is 11.9. The molecule has 0 bridgehead atoms. The van der Waals surface area contributed by atoms with Gasteiger partial charge in [0.2, 0.25) is 9.84 Å². The van der Waals surface area contributed by atoms with E-state index in [0.717, 1.165) is 0 Å². The molecule has 0 amide bonds. The molecule has 0 unspecified atom stereocenters. The molecule has 1 heterocycles. The largest absolute Gasteiger partial charge is 0.478 e. The van der Waals surface area contributed by atoms with E-state index in [-0.39, 0.29) is 21.1 Å². The molecule has 1 aromatic carbocycles. The van der Waals surface area contributed by atoms with Crippen LogP contribution in [-0.2, 0) is 9.84 Å². The fourth-order valence-corrected chi connectivity index (χ4v) is 3.60. The number of sulfone groups is 1. The first-order valence-corrected chi connectivity index (χ1v) is 6.52. The van der Waals surface area contributed by atoms with Crippen LogP contribution in [0.15, 0.2) is 28.0 Å². The molecule has 0 spiro atoms. The molecule has 4 nitrogen and oxygen atoms in total. The number of fused-ring (bicyclic) bond motifs is 1. The minimum atomic E-state index is -3.53. The molecule has 1 aliphatic rings. The second-order valence-corrected chi connectivity index (χ2v) is 5.62. The molecule has 0 atom stereocenters. The molecule has 0 radical (unpaired) electrons. The summed E-state index contributed by atoms with van der Waals surface area (Å²) in [6.07, 6.45) is 1.52. The molecule has 0 saturated heterocycles. The van der Waals surface area contributed by atoms with Gasteiger partial charge in [-0.2, -0.15) is 12.6 Å². The van der Waals surface area contributed by atoms with Crippen LogP contribution < -0.4 is 0 Å². The zero-order chi connectivity index (χ0) is 11.9. The molecular weight excluding hydrogens is 248 g/mol. The average molecular weight is 256 g/mol. The predicted molar refractivity (Wildman–Crippen MR) is 62.4 cm³/mol. The minimum absolute atomic E-state index is 0.0314. The van der Waals surface area contributed by atoms with Crippen molar-refractivity contribution in [2.24, 2.45) is 0 Å². The van der Waals surface area contributed by atoms with Crippen LogP contribution in [0.1, 0.15) is 15.9 Å². The van der Waals surface area contributed by atoms with E-state index in [1.54, 1.807) is 0 Å². The van der Waals surface area contributed by atoms with Crippen molar-refractivity contribution in [1.82, 2.24) is 0 Å². The summed E-state index contributed by atoms with van der Waals surface area (Å²) in [6, 6.07) is 4.06. The molecule has 0 saturated carbocycles. The van der Waals surface area contributed by atoms with Crippen molar-refractivity contribution in [2.75, 3.05) is 5.75 Å². The summed E-state index contributed by atoms with van der Waals surface area (Å²) in [5, 5.41) is 8.78. The van der Waals surface area contributed by atoms with Crippen LogP contribution in [0.5, 0.6) is 0 Å². The SMILES string of the molecule is O=C(O)c1ccc2c(c1)S(=O)(=O)C(CS)=C2. The van der Waals surface area contributed by atoms with Crippen LogP contribution in [0.4, 0.5) is 0 Å². The number of hydrogen-bond donors (Lipinski definition) is 2. The Labute approximate surface area is 97.9 Å². The highest BCUT2D eigenvalue weighted by Crippen LogP contribution is 2.33. The summed E-state index contributed by atoms with van der Waals surface area (Å²) in [5.74, 6) is -1.03. The lowest BCUT2D eigenvalue weighted by molar-refractivity contribution is 0.0696. The average Bonchev–Trinajstić information content (AvgIpc) is 2.49. The van der Waals surface area contributed by atoms with Gasteiger partial charge in [0.1, 0.15) is 0 Å². The second-order valence-electron chi connectivity index (χ2n) is 3.33. The fraction of sp³-hybridized carbons (Fsp3) is 0.100. The third-order valence-electron chi connectivity index (χ3n) is 2.37. The van der Waals surface area contributed by atoms with Crippen molar-refractivity contribution in [2.45, 2.75) is 4.90 Å². The summed E-state index contributed by atoms with van der Waals surface area (Å²) >= 11 is 3.94. The predicted octanol–water partition coefficient (Wildman–Crippen LogP) is 1.44. The van der Waals surface area contributed by atoms with E-state index in [4.69, 9.17) is 5.11 Å². The highest BCUT2D eigenvalue weighted by molar-refractivity contribution is 7.97. The summed E-state index contributed by atoms with van der Waals surface area (Å²) in [7, 11) is -3.53. The maximum Gasteiger partial charge on any atom is 0.335 e. The zero-order valence-corrected chi connectivity index (χ0v) is 9.75. The molecule has 0 aromatic heterocycles. The Hall–Kier alpha value is -1.27. The highest BCUT2D eigenvalue weighted by Gasteiger charge is 2.29. The smallest absolute Gasteiger partial charge is 0.335 e. The van der Waals surface area contributed by atoms with Crippen LogP contribution in [0.25, 0.3) is 6.08 Å². The Morgan fingerprint density at radius 3 is 2.62 bits per heavy atom. The van der Waals surface area contributed by atoms with Gasteiger partial charge in [-0.1, -0.05) is 6.07 Å². The lowest BCUT2D eigenvalue weighted by Gasteiger charge is -2.02.